The molecule has 2 unspecified atom stereocenters. The summed E-state index contributed by atoms with van der Waals surface area (Å²) >= 11 is 0. The average molecular weight is 272 g/mol. The number of carbonyl (C=O) groups is 2. The van der Waals surface area contributed by atoms with E-state index in [0.29, 0.717) is 32.5 Å². The molecule has 0 aromatic heterocycles. The second-order valence-corrected chi connectivity index (χ2v) is 5.32. The Morgan fingerprint density at radius 1 is 1.53 bits per heavy atom. The molecular weight excluding hydrogens is 248 g/mol. The van der Waals surface area contributed by atoms with E-state index in [-0.39, 0.29) is 18.5 Å². The number of aliphatic carboxylic acids is 1. The van der Waals surface area contributed by atoms with Crippen molar-refractivity contribution in [3.05, 3.63) is 0 Å². The molecule has 1 fully saturated rings. The van der Waals surface area contributed by atoms with Gasteiger partial charge >= 0.3 is 5.97 Å². The highest BCUT2D eigenvalue weighted by Gasteiger charge is 2.43. The summed E-state index contributed by atoms with van der Waals surface area (Å²) in [6, 6.07) is -0.0319. The molecule has 6 nitrogen and oxygen atoms in total. The maximum absolute atomic E-state index is 11.8. The van der Waals surface area contributed by atoms with E-state index >= 15 is 0 Å². The standard InChI is InChI=1S/C13H24N2O4/c1-4-13(12(17)18)5-6-15(9-13)7-11(16)14-10(2)8-19-3/h10H,4-9H2,1-3H3,(H,14,16)(H,17,18). The maximum Gasteiger partial charge on any atom is 0.310 e. The fraction of sp³-hybridized carbons (Fsp3) is 0.846. The van der Waals surface area contributed by atoms with E-state index in [4.69, 9.17) is 4.74 Å². The lowest BCUT2D eigenvalue weighted by Gasteiger charge is -2.23. The lowest BCUT2D eigenvalue weighted by atomic mass is 9.84. The van der Waals surface area contributed by atoms with Crippen LogP contribution in [0.2, 0.25) is 0 Å². The maximum atomic E-state index is 11.8. The van der Waals surface area contributed by atoms with Crippen molar-refractivity contribution in [2.45, 2.75) is 32.7 Å². The largest absolute Gasteiger partial charge is 0.481 e. The number of nitrogens with zero attached hydrogens (tertiary/aromatic N) is 1. The summed E-state index contributed by atoms with van der Waals surface area (Å²) in [6.07, 6.45) is 1.21. The molecule has 19 heavy (non-hydrogen) atoms. The highest BCUT2D eigenvalue weighted by Crippen LogP contribution is 2.33. The number of rotatable bonds is 7. The Morgan fingerprint density at radius 3 is 2.68 bits per heavy atom. The number of likely N-dealkylation sites (tertiary alicyclic amines) is 1. The van der Waals surface area contributed by atoms with Crippen LogP contribution in [0, 0.1) is 5.41 Å². The van der Waals surface area contributed by atoms with Crippen LogP contribution in [0.3, 0.4) is 0 Å². The molecule has 0 saturated carbocycles. The minimum Gasteiger partial charge on any atom is -0.481 e. The monoisotopic (exact) mass is 272 g/mol. The molecule has 1 amide bonds. The SMILES string of the molecule is CCC1(C(=O)O)CCN(CC(=O)NC(C)COC)C1. The molecule has 1 aliphatic rings. The quantitative estimate of drug-likeness (QED) is 0.698. The molecule has 110 valence electrons. The van der Waals surface area contributed by atoms with Crippen LogP contribution in [0.4, 0.5) is 0 Å². The number of carboxylic acid groups (broad SMARTS) is 1. The van der Waals surface area contributed by atoms with Gasteiger partial charge in [0.15, 0.2) is 0 Å². The minimum absolute atomic E-state index is 0.0319. The van der Waals surface area contributed by atoms with Crippen molar-refractivity contribution in [2.24, 2.45) is 5.41 Å². The van der Waals surface area contributed by atoms with Crippen LogP contribution in [-0.4, -0.2) is 61.3 Å². The molecule has 0 aromatic carbocycles. The second-order valence-electron chi connectivity index (χ2n) is 5.32. The van der Waals surface area contributed by atoms with Gasteiger partial charge in [-0.25, -0.2) is 0 Å². The predicted molar refractivity (Wildman–Crippen MR) is 70.9 cm³/mol. The molecule has 6 heteroatoms. The molecule has 1 aliphatic heterocycles. The summed E-state index contributed by atoms with van der Waals surface area (Å²) in [6.45, 7) is 5.59. The summed E-state index contributed by atoms with van der Waals surface area (Å²) in [4.78, 5) is 25.0. The molecule has 0 aromatic rings. The van der Waals surface area contributed by atoms with Gasteiger partial charge in [-0.15, -0.1) is 0 Å². The van der Waals surface area contributed by atoms with E-state index in [1.807, 2.05) is 18.7 Å². The van der Waals surface area contributed by atoms with E-state index < -0.39 is 11.4 Å². The summed E-state index contributed by atoms with van der Waals surface area (Å²) in [7, 11) is 1.59. The van der Waals surface area contributed by atoms with Crippen molar-refractivity contribution in [2.75, 3.05) is 33.4 Å². The van der Waals surface area contributed by atoms with Gasteiger partial charge in [0.2, 0.25) is 5.91 Å². The number of hydrogen-bond donors (Lipinski definition) is 2. The number of hydrogen-bond acceptors (Lipinski definition) is 4. The zero-order valence-corrected chi connectivity index (χ0v) is 11.9. The van der Waals surface area contributed by atoms with Crippen molar-refractivity contribution in [3.63, 3.8) is 0 Å². The molecule has 0 aliphatic carbocycles. The summed E-state index contributed by atoms with van der Waals surface area (Å²) in [5.41, 5.74) is -0.682. The van der Waals surface area contributed by atoms with Crippen molar-refractivity contribution >= 4 is 11.9 Å². The Morgan fingerprint density at radius 2 is 2.21 bits per heavy atom. The smallest absolute Gasteiger partial charge is 0.310 e. The molecule has 1 heterocycles. The average Bonchev–Trinajstić information content (AvgIpc) is 2.73. The van der Waals surface area contributed by atoms with E-state index in [1.165, 1.54) is 0 Å². The van der Waals surface area contributed by atoms with Gasteiger partial charge in [-0.3, -0.25) is 14.5 Å². The van der Waals surface area contributed by atoms with E-state index in [2.05, 4.69) is 5.32 Å². The topological polar surface area (TPSA) is 78.9 Å². The van der Waals surface area contributed by atoms with Crippen molar-refractivity contribution < 1.29 is 19.4 Å². The van der Waals surface area contributed by atoms with Crippen molar-refractivity contribution in [3.8, 4) is 0 Å². The van der Waals surface area contributed by atoms with Gasteiger partial charge in [-0.05, 0) is 26.3 Å². The third kappa shape index (κ3) is 4.18. The van der Waals surface area contributed by atoms with Crippen LogP contribution >= 0.6 is 0 Å². The van der Waals surface area contributed by atoms with Crippen molar-refractivity contribution in [1.29, 1.82) is 0 Å². The van der Waals surface area contributed by atoms with Crippen LogP contribution in [-0.2, 0) is 14.3 Å². The van der Waals surface area contributed by atoms with Gasteiger partial charge in [0.1, 0.15) is 0 Å². The molecule has 1 rings (SSSR count). The number of nitrogens with one attached hydrogen (secondary N) is 1. The van der Waals surface area contributed by atoms with Gasteiger partial charge in [0.25, 0.3) is 0 Å². The Balaban J connectivity index is 2.43. The Labute approximate surface area is 114 Å². The van der Waals surface area contributed by atoms with Crippen molar-refractivity contribution in [1.82, 2.24) is 10.2 Å². The number of methoxy groups -OCH3 is 1. The van der Waals surface area contributed by atoms with Gasteiger partial charge in [-0.2, -0.15) is 0 Å². The van der Waals surface area contributed by atoms with Crippen LogP contribution in [0.15, 0.2) is 0 Å². The number of carboxylic acids is 1. The first kappa shape index (κ1) is 15.9. The number of ether oxygens (including phenoxy) is 1. The molecule has 1 saturated heterocycles. The van der Waals surface area contributed by atoms with E-state index in [9.17, 15) is 14.7 Å². The molecule has 0 spiro atoms. The Kier molecular flexibility index (Phi) is 5.75. The first-order valence-electron chi connectivity index (χ1n) is 6.67. The predicted octanol–water partition coefficient (Wildman–Crippen LogP) is 0.324. The van der Waals surface area contributed by atoms with Crippen LogP contribution in [0.1, 0.15) is 26.7 Å². The van der Waals surface area contributed by atoms with Crippen LogP contribution in [0.5, 0.6) is 0 Å². The Bertz CT molecular complexity index is 335. The summed E-state index contributed by atoms with van der Waals surface area (Å²) in [5, 5.41) is 12.1. The van der Waals surface area contributed by atoms with Gasteiger partial charge in [0, 0.05) is 19.7 Å². The van der Waals surface area contributed by atoms with Crippen LogP contribution < -0.4 is 5.32 Å². The summed E-state index contributed by atoms with van der Waals surface area (Å²) in [5.74, 6) is -0.840. The minimum atomic E-state index is -0.759. The van der Waals surface area contributed by atoms with E-state index in [0.717, 1.165) is 0 Å². The summed E-state index contributed by atoms with van der Waals surface area (Å²) < 4.78 is 4.95. The number of amides is 1. The highest BCUT2D eigenvalue weighted by molar-refractivity contribution is 5.79. The molecular formula is C13H24N2O4. The van der Waals surface area contributed by atoms with Gasteiger partial charge in [-0.1, -0.05) is 6.92 Å². The molecule has 2 N–H and O–H groups in total. The van der Waals surface area contributed by atoms with Crippen LogP contribution in [0.25, 0.3) is 0 Å². The molecule has 2 atom stereocenters. The normalized spacial score (nSPS) is 25.2. The first-order valence-corrected chi connectivity index (χ1v) is 6.67. The number of carbonyl (C=O) groups excluding carboxylic acids is 1. The lowest BCUT2D eigenvalue weighted by molar-refractivity contribution is -0.148. The zero-order chi connectivity index (χ0) is 14.5. The van der Waals surface area contributed by atoms with Gasteiger partial charge in [0.05, 0.1) is 18.6 Å². The van der Waals surface area contributed by atoms with Gasteiger partial charge < -0.3 is 15.2 Å². The zero-order valence-electron chi connectivity index (χ0n) is 11.9. The third-order valence-electron chi connectivity index (χ3n) is 3.75. The Hall–Kier alpha value is -1.14. The second kappa shape index (κ2) is 6.86. The fourth-order valence-corrected chi connectivity index (χ4v) is 2.52. The highest BCUT2D eigenvalue weighted by atomic mass is 16.5. The fourth-order valence-electron chi connectivity index (χ4n) is 2.52. The molecule has 0 radical (unpaired) electrons. The third-order valence-corrected chi connectivity index (χ3v) is 3.75. The lowest BCUT2D eigenvalue weighted by Crippen LogP contribution is -2.43. The molecule has 0 bridgehead atoms. The first-order chi connectivity index (χ1) is 8.93. The van der Waals surface area contributed by atoms with E-state index in [1.54, 1.807) is 7.11 Å².